The van der Waals surface area contributed by atoms with E-state index in [2.05, 4.69) is 10.3 Å². The lowest BCUT2D eigenvalue weighted by Gasteiger charge is -2.33. The minimum Gasteiger partial charge on any atom is -0.317 e. The van der Waals surface area contributed by atoms with Crippen LogP contribution in [-0.2, 0) is 22.7 Å². The molecule has 10 heteroatoms. The minimum atomic E-state index is -4.40. The molecule has 0 aliphatic carbocycles. The summed E-state index contributed by atoms with van der Waals surface area (Å²) >= 11 is 1.29. The first-order valence-corrected chi connectivity index (χ1v) is 12.9. The Kier molecular flexibility index (Phi) is 6.90. The fraction of sp³-hybridized carbons (Fsp3) is 0.348. The van der Waals surface area contributed by atoms with Gasteiger partial charge < -0.3 is 5.32 Å². The van der Waals surface area contributed by atoms with Crippen LogP contribution in [0, 0.1) is 6.92 Å². The predicted molar refractivity (Wildman–Crippen MR) is 122 cm³/mol. The average Bonchev–Trinajstić information content (AvgIpc) is 3.26. The molecule has 1 aliphatic rings. The molecular weight excluding hydrogens is 471 g/mol. The summed E-state index contributed by atoms with van der Waals surface area (Å²) in [6.07, 6.45) is -3.01. The molecular formula is C23H24F3N3O2S2. The van der Waals surface area contributed by atoms with E-state index >= 15 is 0 Å². The molecule has 4 rings (SSSR count). The van der Waals surface area contributed by atoms with Crippen LogP contribution < -0.4 is 5.32 Å². The normalized spacial score (nSPS) is 15.8. The summed E-state index contributed by atoms with van der Waals surface area (Å²) < 4.78 is 67.1. The third kappa shape index (κ3) is 5.46. The third-order valence-corrected chi connectivity index (χ3v) is 8.53. The smallest absolute Gasteiger partial charge is 0.317 e. The van der Waals surface area contributed by atoms with Gasteiger partial charge in [0.15, 0.2) is 0 Å². The van der Waals surface area contributed by atoms with Gasteiger partial charge in [-0.05, 0) is 57.1 Å². The van der Waals surface area contributed by atoms with Gasteiger partial charge in [-0.25, -0.2) is 13.4 Å². The molecule has 1 fully saturated rings. The molecule has 1 saturated heterocycles. The van der Waals surface area contributed by atoms with Crippen molar-refractivity contribution < 1.29 is 21.6 Å². The quantitative estimate of drug-likeness (QED) is 0.518. The number of rotatable bonds is 6. The Bertz CT molecular complexity index is 1180. The number of sulfonamides is 1. The number of hydrogen-bond acceptors (Lipinski definition) is 5. The van der Waals surface area contributed by atoms with Gasteiger partial charge in [-0.15, -0.1) is 11.3 Å². The highest BCUT2D eigenvalue weighted by Gasteiger charge is 2.33. The molecule has 2 aromatic carbocycles. The fourth-order valence-corrected chi connectivity index (χ4v) is 6.30. The van der Waals surface area contributed by atoms with Gasteiger partial charge in [-0.3, -0.25) is 0 Å². The van der Waals surface area contributed by atoms with Crippen molar-refractivity contribution in [2.24, 2.45) is 0 Å². The van der Waals surface area contributed by atoms with E-state index in [4.69, 9.17) is 0 Å². The van der Waals surface area contributed by atoms with Crippen LogP contribution >= 0.6 is 11.3 Å². The zero-order valence-corrected chi connectivity index (χ0v) is 19.6. The number of hydrogen-bond donors (Lipinski definition) is 1. The number of piperidine rings is 1. The molecule has 5 nitrogen and oxygen atoms in total. The Hall–Kier alpha value is -2.27. The summed E-state index contributed by atoms with van der Waals surface area (Å²) in [5, 5.41) is 5.58. The monoisotopic (exact) mass is 495 g/mol. The van der Waals surface area contributed by atoms with Crippen LogP contribution in [0.25, 0.3) is 10.6 Å². The second-order valence-electron chi connectivity index (χ2n) is 8.06. The summed E-state index contributed by atoms with van der Waals surface area (Å²) in [6.45, 7) is 3.48. The van der Waals surface area contributed by atoms with Crippen molar-refractivity contribution in [3.63, 3.8) is 0 Å². The van der Waals surface area contributed by atoms with Crippen LogP contribution in [0.15, 0.2) is 58.8 Å². The summed E-state index contributed by atoms with van der Waals surface area (Å²) in [5.41, 5.74) is 1.39. The Morgan fingerprint density at radius 2 is 1.70 bits per heavy atom. The largest absolute Gasteiger partial charge is 0.416 e. The van der Waals surface area contributed by atoms with E-state index in [1.807, 2.05) is 6.92 Å². The zero-order valence-electron chi connectivity index (χ0n) is 18.0. The van der Waals surface area contributed by atoms with Crippen molar-refractivity contribution in [2.75, 3.05) is 13.1 Å². The summed E-state index contributed by atoms with van der Waals surface area (Å²) in [5.74, 6) is 0. The van der Waals surface area contributed by atoms with Crippen LogP contribution in [0.1, 0.15) is 29.7 Å². The van der Waals surface area contributed by atoms with E-state index in [0.717, 1.165) is 30.8 Å². The van der Waals surface area contributed by atoms with Crippen LogP contribution in [-0.4, -0.2) is 36.8 Å². The number of alkyl halides is 3. The summed E-state index contributed by atoms with van der Waals surface area (Å²) in [7, 11) is -3.75. The topological polar surface area (TPSA) is 62.3 Å². The maximum absolute atomic E-state index is 13.5. The van der Waals surface area contributed by atoms with Crippen LogP contribution in [0.4, 0.5) is 13.2 Å². The van der Waals surface area contributed by atoms with E-state index in [9.17, 15) is 21.6 Å². The third-order valence-electron chi connectivity index (χ3n) is 5.67. The molecule has 0 spiro atoms. The van der Waals surface area contributed by atoms with Crippen molar-refractivity contribution in [1.82, 2.24) is 14.6 Å². The Morgan fingerprint density at radius 1 is 1.06 bits per heavy atom. The number of thiazole rings is 1. The molecule has 33 heavy (non-hydrogen) atoms. The highest BCUT2D eigenvalue weighted by atomic mass is 32.2. The summed E-state index contributed by atoms with van der Waals surface area (Å²) in [4.78, 5) is 4.78. The van der Waals surface area contributed by atoms with Crippen molar-refractivity contribution in [3.05, 3.63) is 70.7 Å². The fourth-order valence-electron chi connectivity index (χ4n) is 3.82. The zero-order chi connectivity index (χ0) is 23.6. The number of aromatic nitrogens is 1. The second-order valence-corrected chi connectivity index (χ2v) is 10.8. The van der Waals surface area contributed by atoms with Gasteiger partial charge in [0.25, 0.3) is 0 Å². The lowest BCUT2D eigenvalue weighted by Crippen LogP contribution is -2.45. The standard InChI is InChI=1S/C23H24F3N3O2S2/c1-16-2-8-21(9-3-16)33(30,31)29(20-10-12-27-13-11-20)14-19-15-32-22(28-19)17-4-6-18(7-5-17)23(24,25)26/h2-9,15,20,27H,10-14H2,1H3. The highest BCUT2D eigenvalue weighted by Crippen LogP contribution is 2.32. The van der Waals surface area contributed by atoms with Gasteiger partial charge >= 0.3 is 6.18 Å². The molecule has 2 heterocycles. The van der Waals surface area contributed by atoms with Crippen molar-refractivity contribution in [3.8, 4) is 10.6 Å². The first-order chi connectivity index (χ1) is 15.6. The Morgan fingerprint density at radius 3 is 2.30 bits per heavy atom. The second kappa shape index (κ2) is 9.54. The van der Waals surface area contributed by atoms with Crippen molar-refractivity contribution in [1.29, 1.82) is 0 Å². The van der Waals surface area contributed by atoms with Gasteiger partial charge in [0.2, 0.25) is 10.0 Å². The Labute approximate surface area is 195 Å². The van der Waals surface area contributed by atoms with Gasteiger partial charge in [-0.2, -0.15) is 17.5 Å². The molecule has 3 aromatic rings. The molecule has 1 N–H and O–H groups in total. The van der Waals surface area contributed by atoms with Crippen LogP contribution in [0.2, 0.25) is 0 Å². The van der Waals surface area contributed by atoms with Crippen molar-refractivity contribution in [2.45, 2.75) is 43.4 Å². The molecule has 1 aromatic heterocycles. The molecule has 176 valence electrons. The molecule has 0 radical (unpaired) electrons. The molecule has 1 aliphatic heterocycles. The van der Waals surface area contributed by atoms with Gasteiger partial charge in [0, 0.05) is 17.0 Å². The molecule has 0 unspecified atom stereocenters. The van der Waals surface area contributed by atoms with Crippen molar-refractivity contribution >= 4 is 21.4 Å². The van der Waals surface area contributed by atoms with E-state index in [1.54, 1.807) is 29.6 Å². The number of halogens is 3. The Balaban J connectivity index is 1.61. The summed E-state index contributed by atoms with van der Waals surface area (Å²) in [6, 6.07) is 11.5. The maximum atomic E-state index is 13.5. The van der Waals surface area contributed by atoms with E-state index < -0.39 is 21.8 Å². The number of nitrogens with zero attached hydrogens (tertiary/aromatic N) is 2. The van der Waals surface area contributed by atoms with Gasteiger partial charge in [0.05, 0.1) is 22.7 Å². The first kappa shape index (κ1) is 23.9. The minimum absolute atomic E-state index is 0.109. The number of benzene rings is 2. The molecule has 0 saturated carbocycles. The van der Waals surface area contributed by atoms with E-state index in [-0.39, 0.29) is 17.5 Å². The highest BCUT2D eigenvalue weighted by molar-refractivity contribution is 7.89. The maximum Gasteiger partial charge on any atom is 0.416 e. The lowest BCUT2D eigenvalue weighted by molar-refractivity contribution is -0.137. The first-order valence-electron chi connectivity index (χ1n) is 10.6. The van der Waals surface area contributed by atoms with E-state index in [1.165, 1.54) is 27.8 Å². The SMILES string of the molecule is Cc1ccc(S(=O)(=O)N(Cc2csc(-c3ccc(C(F)(F)F)cc3)n2)C2CCNCC2)cc1. The number of aryl methyl sites for hydroxylation is 1. The predicted octanol–water partition coefficient (Wildman–Crippen LogP) is 5.08. The lowest BCUT2D eigenvalue weighted by atomic mass is 10.1. The molecule has 0 amide bonds. The molecule has 0 atom stereocenters. The average molecular weight is 496 g/mol. The van der Waals surface area contributed by atoms with Gasteiger partial charge in [0.1, 0.15) is 5.01 Å². The van der Waals surface area contributed by atoms with Gasteiger partial charge in [-0.1, -0.05) is 29.8 Å². The molecule has 0 bridgehead atoms. The van der Waals surface area contributed by atoms with Crippen LogP contribution in [0.3, 0.4) is 0 Å². The van der Waals surface area contributed by atoms with E-state index in [0.29, 0.717) is 29.1 Å². The van der Waals surface area contributed by atoms with Crippen LogP contribution in [0.5, 0.6) is 0 Å². The number of nitrogens with one attached hydrogen (secondary N) is 1.